The average Bonchev–Trinajstić information content (AvgIpc) is 3.15. The van der Waals surface area contributed by atoms with Crippen LogP contribution in [0.2, 0.25) is 0 Å². The highest BCUT2D eigenvalue weighted by molar-refractivity contribution is 7.16. The van der Waals surface area contributed by atoms with Crippen LogP contribution in [0.5, 0.6) is 0 Å². The van der Waals surface area contributed by atoms with Crippen LogP contribution in [0.15, 0.2) is 60.1 Å². The van der Waals surface area contributed by atoms with Crippen LogP contribution < -0.4 is 5.32 Å². The fraction of sp³-hybridized carbons (Fsp3) is 0.105. The van der Waals surface area contributed by atoms with Crippen LogP contribution in [0.4, 0.5) is 5.82 Å². The third-order valence-corrected chi connectivity index (χ3v) is 4.76. The number of pyridine rings is 1. The molecule has 124 valence electrons. The van der Waals surface area contributed by atoms with Gasteiger partial charge in [0.2, 0.25) is 0 Å². The lowest BCUT2D eigenvalue weighted by molar-refractivity contribution is 0.280. The van der Waals surface area contributed by atoms with Gasteiger partial charge in [0.05, 0.1) is 12.0 Å². The van der Waals surface area contributed by atoms with E-state index in [1.54, 1.807) is 17.5 Å². The van der Waals surface area contributed by atoms with Crippen molar-refractivity contribution in [2.24, 2.45) is 0 Å². The molecular weight excluding hydrogens is 332 g/mol. The molecule has 6 heteroatoms. The van der Waals surface area contributed by atoms with Crippen molar-refractivity contribution in [1.29, 1.82) is 0 Å². The molecular formula is C19H16N4OS. The molecule has 5 nitrogen and oxygen atoms in total. The van der Waals surface area contributed by atoms with Crippen LogP contribution in [0.3, 0.4) is 0 Å². The molecule has 1 aromatic carbocycles. The van der Waals surface area contributed by atoms with E-state index in [9.17, 15) is 5.11 Å². The molecule has 4 rings (SSSR count). The molecule has 0 aliphatic carbocycles. The Labute approximate surface area is 149 Å². The molecule has 0 unspecified atom stereocenters. The predicted octanol–water partition coefficient (Wildman–Crippen LogP) is 3.86. The molecule has 0 fully saturated rings. The number of hydrogen-bond acceptors (Lipinski definition) is 6. The van der Waals surface area contributed by atoms with Gasteiger partial charge in [-0.15, -0.1) is 11.3 Å². The van der Waals surface area contributed by atoms with Crippen molar-refractivity contribution < 1.29 is 5.11 Å². The number of aromatic nitrogens is 3. The maximum absolute atomic E-state index is 9.49. The molecule has 0 amide bonds. The molecule has 0 saturated heterocycles. The van der Waals surface area contributed by atoms with Gasteiger partial charge in [0.1, 0.15) is 16.3 Å². The number of anilines is 1. The van der Waals surface area contributed by atoms with Crippen LogP contribution in [0, 0.1) is 0 Å². The maximum Gasteiger partial charge on any atom is 0.181 e. The van der Waals surface area contributed by atoms with E-state index in [2.05, 4.69) is 20.3 Å². The molecule has 2 N–H and O–H groups in total. The second kappa shape index (κ2) is 6.96. The van der Waals surface area contributed by atoms with E-state index >= 15 is 0 Å². The fourth-order valence-electron chi connectivity index (χ4n) is 2.66. The summed E-state index contributed by atoms with van der Waals surface area (Å²) < 4.78 is 0. The number of benzene rings is 1. The standard InChI is InChI=1S/C19H16N4OS/c24-12-14-6-2-1-5-13(14)11-21-17-15-8-10-25-19(15)23-18(22-17)16-7-3-4-9-20-16/h1-10,24H,11-12H2,(H,21,22,23). The molecule has 4 aromatic rings. The minimum Gasteiger partial charge on any atom is -0.392 e. The molecule has 0 aliphatic rings. The molecule has 3 aromatic heterocycles. The first-order valence-corrected chi connectivity index (χ1v) is 8.81. The van der Waals surface area contributed by atoms with E-state index in [-0.39, 0.29) is 6.61 Å². The van der Waals surface area contributed by atoms with Crippen molar-refractivity contribution in [3.63, 3.8) is 0 Å². The molecule has 0 atom stereocenters. The summed E-state index contributed by atoms with van der Waals surface area (Å²) in [6.07, 6.45) is 1.74. The van der Waals surface area contributed by atoms with Gasteiger partial charge in [-0.3, -0.25) is 4.98 Å². The lowest BCUT2D eigenvalue weighted by Gasteiger charge is -2.11. The first-order valence-electron chi connectivity index (χ1n) is 7.93. The molecule has 0 aliphatic heterocycles. The predicted molar refractivity (Wildman–Crippen MR) is 100 cm³/mol. The Kier molecular flexibility index (Phi) is 4.37. The van der Waals surface area contributed by atoms with E-state index < -0.39 is 0 Å². The van der Waals surface area contributed by atoms with E-state index in [0.29, 0.717) is 12.4 Å². The van der Waals surface area contributed by atoms with E-state index in [4.69, 9.17) is 0 Å². The minimum atomic E-state index is 0.0225. The lowest BCUT2D eigenvalue weighted by atomic mass is 10.1. The summed E-state index contributed by atoms with van der Waals surface area (Å²) in [5, 5.41) is 15.9. The summed E-state index contributed by atoms with van der Waals surface area (Å²) >= 11 is 1.58. The quantitative estimate of drug-likeness (QED) is 0.573. The van der Waals surface area contributed by atoms with Gasteiger partial charge in [-0.1, -0.05) is 30.3 Å². The van der Waals surface area contributed by atoms with Gasteiger partial charge in [-0.25, -0.2) is 9.97 Å². The maximum atomic E-state index is 9.49. The molecule has 0 bridgehead atoms. The van der Waals surface area contributed by atoms with Crippen LogP contribution in [0.1, 0.15) is 11.1 Å². The molecule has 0 saturated carbocycles. The lowest BCUT2D eigenvalue weighted by Crippen LogP contribution is -2.06. The number of aliphatic hydroxyl groups is 1. The number of nitrogens with zero attached hydrogens (tertiary/aromatic N) is 3. The number of fused-ring (bicyclic) bond motifs is 1. The largest absolute Gasteiger partial charge is 0.392 e. The SMILES string of the molecule is OCc1ccccc1CNc1nc(-c2ccccn2)nc2sccc12. The number of aliphatic hydroxyl groups excluding tert-OH is 1. The van der Waals surface area contributed by atoms with E-state index in [1.165, 1.54) is 0 Å². The van der Waals surface area contributed by atoms with Gasteiger partial charge in [0.15, 0.2) is 5.82 Å². The zero-order valence-electron chi connectivity index (χ0n) is 13.4. The van der Waals surface area contributed by atoms with E-state index in [1.807, 2.05) is 53.9 Å². The molecule has 25 heavy (non-hydrogen) atoms. The van der Waals surface area contributed by atoms with Crippen molar-refractivity contribution in [1.82, 2.24) is 15.0 Å². The van der Waals surface area contributed by atoms with Crippen molar-refractivity contribution in [3.05, 3.63) is 71.2 Å². The molecule has 3 heterocycles. The Bertz CT molecular complexity index is 1000. The fourth-order valence-corrected chi connectivity index (χ4v) is 3.43. The molecule has 0 spiro atoms. The summed E-state index contributed by atoms with van der Waals surface area (Å²) in [5.74, 6) is 1.38. The first-order chi connectivity index (χ1) is 12.3. The van der Waals surface area contributed by atoms with Crippen molar-refractivity contribution in [2.75, 3.05) is 5.32 Å². The number of hydrogen-bond donors (Lipinski definition) is 2. The van der Waals surface area contributed by atoms with Crippen LogP contribution >= 0.6 is 11.3 Å². The Morgan fingerprint density at radius 2 is 1.80 bits per heavy atom. The Morgan fingerprint density at radius 3 is 2.60 bits per heavy atom. The van der Waals surface area contributed by atoms with Gasteiger partial charge in [-0.2, -0.15) is 0 Å². The van der Waals surface area contributed by atoms with Gasteiger partial charge in [0.25, 0.3) is 0 Å². The highest BCUT2D eigenvalue weighted by Crippen LogP contribution is 2.28. The van der Waals surface area contributed by atoms with E-state index in [0.717, 1.165) is 32.9 Å². The van der Waals surface area contributed by atoms with Crippen molar-refractivity contribution in [2.45, 2.75) is 13.2 Å². The van der Waals surface area contributed by atoms with Gasteiger partial charge >= 0.3 is 0 Å². The minimum absolute atomic E-state index is 0.0225. The highest BCUT2D eigenvalue weighted by atomic mass is 32.1. The number of rotatable bonds is 5. The highest BCUT2D eigenvalue weighted by Gasteiger charge is 2.11. The van der Waals surface area contributed by atoms with Gasteiger partial charge in [0, 0.05) is 12.7 Å². The van der Waals surface area contributed by atoms with Crippen LogP contribution in [-0.4, -0.2) is 20.1 Å². The summed E-state index contributed by atoms with van der Waals surface area (Å²) in [6, 6.07) is 15.5. The summed E-state index contributed by atoms with van der Waals surface area (Å²) in [6.45, 7) is 0.606. The van der Waals surface area contributed by atoms with Gasteiger partial charge < -0.3 is 10.4 Å². The number of thiophene rings is 1. The summed E-state index contributed by atoms with van der Waals surface area (Å²) in [7, 11) is 0. The third kappa shape index (κ3) is 3.22. The third-order valence-electron chi connectivity index (χ3n) is 3.95. The summed E-state index contributed by atoms with van der Waals surface area (Å²) in [4.78, 5) is 14.6. The zero-order chi connectivity index (χ0) is 17.1. The average molecular weight is 348 g/mol. The monoisotopic (exact) mass is 348 g/mol. The second-order valence-corrected chi connectivity index (χ2v) is 6.43. The summed E-state index contributed by atoms with van der Waals surface area (Å²) in [5.41, 5.74) is 2.71. The number of nitrogens with one attached hydrogen (secondary N) is 1. The Balaban J connectivity index is 1.70. The normalized spacial score (nSPS) is 10.9. The van der Waals surface area contributed by atoms with Crippen LogP contribution in [-0.2, 0) is 13.2 Å². The Hall–Kier alpha value is -2.83. The smallest absolute Gasteiger partial charge is 0.181 e. The second-order valence-electron chi connectivity index (χ2n) is 5.53. The Morgan fingerprint density at radius 1 is 0.960 bits per heavy atom. The van der Waals surface area contributed by atoms with Crippen LogP contribution in [0.25, 0.3) is 21.7 Å². The zero-order valence-corrected chi connectivity index (χ0v) is 14.2. The topological polar surface area (TPSA) is 70.9 Å². The first kappa shape index (κ1) is 15.7. The van der Waals surface area contributed by atoms with Crippen molar-refractivity contribution >= 4 is 27.4 Å². The van der Waals surface area contributed by atoms with Crippen molar-refractivity contribution in [3.8, 4) is 11.5 Å². The van der Waals surface area contributed by atoms with Gasteiger partial charge in [-0.05, 0) is 34.7 Å². The molecule has 0 radical (unpaired) electrons.